The lowest BCUT2D eigenvalue weighted by molar-refractivity contribution is 0.102. The number of rotatable bonds is 6. The molecule has 0 unspecified atom stereocenters. The fourth-order valence-corrected chi connectivity index (χ4v) is 5.49. The minimum atomic E-state index is -0.200. The third kappa shape index (κ3) is 5.23. The summed E-state index contributed by atoms with van der Waals surface area (Å²) in [7, 11) is 0. The summed E-state index contributed by atoms with van der Waals surface area (Å²) in [5, 5.41) is 9.70. The first kappa shape index (κ1) is 26.3. The molecule has 0 spiro atoms. The van der Waals surface area contributed by atoms with Crippen LogP contribution in [-0.4, -0.2) is 25.8 Å². The lowest BCUT2D eigenvalue weighted by atomic mass is 10.1. The van der Waals surface area contributed by atoms with Gasteiger partial charge in [-0.15, -0.1) is 0 Å². The molecule has 7 nitrogen and oxygen atoms in total. The molecule has 0 aliphatic heterocycles. The fraction of sp³-hybridized carbons (Fsp3) is 0. The second kappa shape index (κ2) is 11.1. The largest absolute Gasteiger partial charge is 0.340 e. The van der Waals surface area contributed by atoms with Crippen LogP contribution in [0.1, 0.15) is 10.4 Å². The van der Waals surface area contributed by atoms with E-state index in [1.165, 1.54) is 5.39 Å². The lowest BCUT2D eigenvalue weighted by Gasteiger charge is -2.12. The molecular weight excluding hydrogens is 556 g/mol. The number of aromatic nitrogens is 4. The zero-order valence-corrected chi connectivity index (χ0v) is 24.0. The van der Waals surface area contributed by atoms with Crippen molar-refractivity contribution < 1.29 is 4.79 Å². The van der Waals surface area contributed by atoms with Crippen molar-refractivity contribution in [2.24, 2.45) is 0 Å². The van der Waals surface area contributed by atoms with E-state index >= 15 is 0 Å². The van der Waals surface area contributed by atoms with Crippen molar-refractivity contribution in [1.29, 1.82) is 0 Å². The number of H-pyrrole nitrogens is 1. The monoisotopic (exact) mass is 582 g/mol. The van der Waals surface area contributed by atoms with E-state index in [2.05, 4.69) is 45.9 Å². The molecule has 0 aliphatic rings. The average Bonchev–Trinajstić information content (AvgIpc) is 3.52. The maximum absolute atomic E-state index is 13.2. The smallest absolute Gasteiger partial charge is 0.255 e. The number of hydrogen-bond donors (Lipinski definition) is 3. The quantitative estimate of drug-likeness (QED) is 0.182. The Labute approximate surface area is 258 Å². The van der Waals surface area contributed by atoms with Gasteiger partial charge in [0.2, 0.25) is 0 Å². The molecule has 0 atom stereocenters. The molecule has 45 heavy (non-hydrogen) atoms. The highest BCUT2D eigenvalue weighted by atomic mass is 16.1. The number of nitrogens with one attached hydrogen (secondary N) is 3. The maximum atomic E-state index is 13.2. The number of benzene rings is 6. The van der Waals surface area contributed by atoms with Crippen LogP contribution in [0.5, 0.6) is 0 Å². The molecular formula is C38H26N6O. The molecule has 214 valence electrons. The van der Waals surface area contributed by atoms with Crippen molar-refractivity contribution in [3.8, 4) is 22.8 Å². The third-order valence-corrected chi connectivity index (χ3v) is 7.81. The molecule has 0 saturated carbocycles. The Balaban J connectivity index is 1.01. The number of anilines is 3. The summed E-state index contributed by atoms with van der Waals surface area (Å²) in [6, 6.07) is 45.4. The van der Waals surface area contributed by atoms with Gasteiger partial charge in [-0.25, -0.2) is 15.0 Å². The van der Waals surface area contributed by atoms with Crippen molar-refractivity contribution in [3.05, 3.63) is 145 Å². The summed E-state index contributed by atoms with van der Waals surface area (Å²) >= 11 is 0. The van der Waals surface area contributed by atoms with Crippen LogP contribution in [0.2, 0.25) is 0 Å². The molecule has 6 aromatic carbocycles. The molecule has 0 saturated heterocycles. The van der Waals surface area contributed by atoms with Crippen LogP contribution >= 0.6 is 0 Å². The van der Waals surface area contributed by atoms with E-state index < -0.39 is 0 Å². The molecule has 8 aromatic rings. The Morgan fingerprint density at radius 2 is 1.33 bits per heavy atom. The number of imidazole rings is 1. The summed E-state index contributed by atoms with van der Waals surface area (Å²) in [5.74, 6) is 1.93. The standard InChI is InChI=1S/C38H26N6O/c45-38(40-30-20-21-33-34(23-30)43-36(42-33)28-15-14-24-8-4-5-11-27(24)22-28)26-16-18-29(19-17-26)39-37-31-12-6-7-13-32(31)41-35(44-37)25-9-2-1-3-10-25/h1-23H,(H,40,45)(H,42,43)(H,39,41,44). The minimum absolute atomic E-state index is 0.200. The maximum Gasteiger partial charge on any atom is 0.255 e. The summed E-state index contributed by atoms with van der Waals surface area (Å²) in [4.78, 5) is 30.9. The molecule has 3 N–H and O–H groups in total. The molecule has 2 aromatic heterocycles. The predicted octanol–water partition coefficient (Wildman–Crippen LogP) is 8.99. The highest BCUT2D eigenvalue weighted by molar-refractivity contribution is 6.05. The van der Waals surface area contributed by atoms with E-state index in [0.29, 0.717) is 22.9 Å². The van der Waals surface area contributed by atoms with Crippen molar-refractivity contribution >= 4 is 55.8 Å². The first-order valence-electron chi connectivity index (χ1n) is 14.7. The zero-order chi connectivity index (χ0) is 30.2. The molecule has 0 bridgehead atoms. The molecule has 0 aliphatic carbocycles. The fourth-order valence-electron chi connectivity index (χ4n) is 5.49. The second-order valence-corrected chi connectivity index (χ2v) is 10.8. The van der Waals surface area contributed by atoms with Crippen molar-refractivity contribution in [1.82, 2.24) is 19.9 Å². The summed E-state index contributed by atoms with van der Waals surface area (Å²) < 4.78 is 0. The number of carbonyl (C=O) groups excluding carboxylic acids is 1. The molecule has 0 fully saturated rings. The first-order chi connectivity index (χ1) is 22.2. The Bertz CT molecular complexity index is 2350. The van der Waals surface area contributed by atoms with Gasteiger partial charge in [0.1, 0.15) is 11.6 Å². The van der Waals surface area contributed by atoms with Gasteiger partial charge in [0.05, 0.1) is 16.6 Å². The van der Waals surface area contributed by atoms with E-state index in [9.17, 15) is 4.79 Å². The average molecular weight is 583 g/mol. The number of nitrogens with zero attached hydrogens (tertiary/aromatic N) is 3. The predicted molar refractivity (Wildman–Crippen MR) is 182 cm³/mol. The van der Waals surface area contributed by atoms with Crippen LogP contribution in [-0.2, 0) is 0 Å². The lowest BCUT2D eigenvalue weighted by Crippen LogP contribution is -2.11. The van der Waals surface area contributed by atoms with Crippen molar-refractivity contribution in [3.63, 3.8) is 0 Å². The molecule has 7 heteroatoms. The van der Waals surface area contributed by atoms with Crippen LogP contribution in [0, 0.1) is 0 Å². The van der Waals surface area contributed by atoms with Crippen LogP contribution in [0.15, 0.2) is 140 Å². The van der Waals surface area contributed by atoms with Gasteiger partial charge >= 0.3 is 0 Å². The molecule has 1 amide bonds. The van der Waals surface area contributed by atoms with Crippen LogP contribution in [0.3, 0.4) is 0 Å². The van der Waals surface area contributed by atoms with Gasteiger partial charge in [-0.1, -0.05) is 78.9 Å². The van der Waals surface area contributed by atoms with E-state index in [1.807, 2.05) is 97.1 Å². The second-order valence-electron chi connectivity index (χ2n) is 10.8. The Hall–Kier alpha value is -6.34. The van der Waals surface area contributed by atoms with E-state index in [4.69, 9.17) is 15.0 Å². The van der Waals surface area contributed by atoms with Crippen molar-refractivity contribution in [2.45, 2.75) is 0 Å². The van der Waals surface area contributed by atoms with E-state index in [0.717, 1.165) is 50.0 Å². The minimum Gasteiger partial charge on any atom is -0.340 e. The Kier molecular flexibility index (Phi) is 6.46. The van der Waals surface area contributed by atoms with E-state index in [-0.39, 0.29) is 5.91 Å². The summed E-state index contributed by atoms with van der Waals surface area (Å²) in [6.07, 6.45) is 0. The number of para-hydroxylation sites is 1. The van der Waals surface area contributed by atoms with Gasteiger partial charge in [-0.05, 0) is 71.4 Å². The Morgan fingerprint density at radius 1 is 0.578 bits per heavy atom. The van der Waals surface area contributed by atoms with E-state index in [1.54, 1.807) is 12.1 Å². The highest BCUT2D eigenvalue weighted by Gasteiger charge is 2.12. The topological polar surface area (TPSA) is 95.6 Å². The number of hydrogen-bond acceptors (Lipinski definition) is 5. The van der Waals surface area contributed by atoms with Gasteiger partial charge in [0.15, 0.2) is 5.82 Å². The Morgan fingerprint density at radius 3 is 2.20 bits per heavy atom. The van der Waals surface area contributed by atoms with Gasteiger partial charge in [0, 0.05) is 33.5 Å². The highest BCUT2D eigenvalue weighted by Crippen LogP contribution is 2.29. The molecule has 8 rings (SSSR count). The van der Waals surface area contributed by atoms with Gasteiger partial charge in [-0.3, -0.25) is 4.79 Å². The number of fused-ring (bicyclic) bond motifs is 3. The van der Waals surface area contributed by atoms with Crippen LogP contribution in [0.25, 0.3) is 55.5 Å². The number of carbonyl (C=O) groups is 1. The molecule has 2 heterocycles. The van der Waals surface area contributed by atoms with Crippen LogP contribution in [0.4, 0.5) is 17.2 Å². The van der Waals surface area contributed by atoms with Gasteiger partial charge in [0.25, 0.3) is 5.91 Å². The normalized spacial score (nSPS) is 11.2. The van der Waals surface area contributed by atoms with Gasteiger partial charge in [-0.2, -0.15) is 0 Å². The van der Waals surface area contributed by atoms with Gasteiger partial charge < -0.3 is 15.6 Å². The zero-order valence-electron chi connectivity index (χ0n) is 24.0. The number of aromatic amines is 1. The molecule has 0 radical (unpaired) electrons. The van der Waals surface area contributed by atoms with Crippen LogP contribution < -0.4 is 10.6 Å². The summed E-state index contributed by atoms with van der Waals surface area (Å²) in [5.41, 5.74) is 6.52. The SMILES string of the molecule is O=C(Nc1ccc2nc(-c3ccc4ccccc4c3)[nH]c2c1)c1ccc(Nc2nc(-c3ccccc3)nc3ccccc23)cc1. The first-order valence-corrected chi connectivity index (χ1v) is 14.7. The third-order valence-electron chi connectivity index (χ3n) is 7.81. The van der Waals surface area contributed by atoms with Crippen molar-refractivity contribution in [2.75, 3.05) is 10.6 Å². The summed E-state index contributed by atoms with van der Waals surface area (Å²) in [6.45, 7) is 0. The number of amides is 1.